The molecule has 10 atom stereocenters. The quantitative estimate of drug-likeness (QED) is 0.203. The number of carbonyl (C=O) groups is 2. The van der Waals surface area contributed by atoms with Crippen LogP contribution in [0.25, 0.3) is 0 Å². The van der Waals surface area contributed by atoms with E-state index < -0.39 is 60.3 Å². The molecule has 1 heterocycles. The summed E-state index contributed by atoms with van der Waals surface area (Å²) < 4.78 is 23.9. The number of hydrogen-bond acceptors (Lipinski definition) is 9. The van der Waals surface area contributed by atoms with Crippen LogP contribution >= 0.6 is 0 Å². The van der Waals surface area contributed by atoms with Crippen LogP contribution in [-0.2, 0) is 28.5 Å². The molecule has 0 spiro atoms. The van der Waals surface area contributed by atoms with E-state index in [0.717, 1.165) is 24.8 Å². The zero-order valence-electron chi connectivity index (χ0n) is 26.8. The van der Waals surface area contributed by atoms with Crippen molar-refractivity contribution in [1.82, 2.24) is 0 Å². The molecule has 0 bridgehead atoms. The normalized spacial score (nSPS) is 38.8. The fourth-order valence-electron chi connectivity index (χ4n) is 7.64. The van der Waals surface area contributed by atoms with Gasteiger partial charge in [0.15, 0.2) is 12.4 Å². The molecule has 2 aliphatic carbocycles. The van der Waals surface area contributed by atoms with Gasteiger partial charge in [-0.05, 0) is 77.6 Å². The maximum Gasteiger partial charge on any atom is 0.333 e. The third-order valence-electron chi connectivity index (χ3n) is 10.1. The van der Waals surface area contributed by atoms with Gasteiger partial charge in [0, 0.05) is 17.9 Å². The Bertz CT molecular complexity index is 1080. The first-order valence-electron chi connectivity index (χ1n) is 15.2. The van der Waals surface area contributed by atoms with Gasteiger partial charge in [-0.15, -0.1) is 0 Å². The van der Waals surface area contributed by atoms with Crippen molar-refractivity contribution in [1.29, 1.82) is 0 Å². The van der Waals surface area contributed by atoms with Crippen LogP contribution < -0.4 is 0 Å². The van der Waals surface area contributed by atoms with Gasteiger partial charge in [0.2, 0.25) is 0 Å². The summed E-state index contributed by atoms with van der Waals surface area (Å²) in [6.07, 6.45) is 1.77. The topological polar surface area (TPSA) is 132 Å². The first kappa shape index (κ1) is 34.5. The highest BCUT2D eigenvalue weighted by Crippen LogP contribution is 2.62. The third-order valence-corrected chi connectivity index (χ3v) is 10.1. The number of rotatable bonds is 9. The smallest absolute Gasteiger partial charge is 0.333 e. The van der Waals surface area contributed by atoms with E-state index >= 15 is 0 Å². The Balaban J connectivity index is 2.00. The van der Waals surface area contributed by atoms with E-state index in [-0.39, 0.29) is 23.9 Å². The summed E-state index contributed by atoms with van der Waals surface area (Å²) >= 11 is 0. The molecular weight excluding hydrogens is 540 g/mol. The van der Waals surface area contributed by atoms with Gasteiger partial charge in [-0.25, -0.2) is 4.79 Å². The summed E-state index contributed by atoms with van der Waals surface area (Å²) in [6.45, 7) is 17.1. The minimum absolute atomic E-state index is 0.0130. The highest BCUT2D eigenvalue weighted by molar-refractivity contribution is 5.87. The van der Waals surface area contributed by atoms with Crippen molar-refractivity contribution in [3.63, 3.8) is 0 Å². The van der Waals surface area contributed by atoms with Gasteiger partial charge >= 0.3 is 11.9 Å². The zero-order chi connectivity index (χ0) is 31.6. The molecule has 1 saturated heterocycles. The summed E-state index contributed by atoms with van der Waals surface area (Å²) in [4.78, 5) is 24.7. The van der Waals surface area contributed by atoms with Gasteiger partial charge in [-0.2, -0.15) is 0 Å². The average Bonchev–Trinajstić information content (AvgIpc) is 2.90. The molecule has 3 aliphatic rings. The SMILES string of the molecule is C/C=C(/C)C(=O)O[C@@H]1[C@@H](O[C@H]2O[C@@H](C)[C@@H](OC(C)=O)[C@@H](O)[C@@H]2O)C[C@]2(C)[C@H](CC/C(C)=C/CO)C(C)=CC[C@@H]2C1(C)C. The number of carbonyl (C=O) groups excluding carboxylic acids is 2. The second-order valence-electron chi connectivity index (χ2n) is 13.3. The van der Waals surface area contributed by atoms with E-state index in [1.54, 1.807) is 26.8 Å². The largest absolute Gasteiger partial charge is 0.457 e. The Labute approximate surface area is 250 Å². The molecule has 0 aromatic carbocycles. The molecule has 3 N–H and O–H groups in total. The number of ether oxygens (including phenoxy) is 4. The van der Waals surface area contributed by atoms with Gasteiger partial charge in [0.1, 0.15) is 18.3 Å². The summed E-state index contributed by atoms with van der Waals surface area (Å²) in [7, 11) is 0. The third kappa shape index (κ3) is 7.02. The maximum atomic E-state index is 13.1. The van der Waals surface area contributed by atoms with Crippen molar-refractivity contribution in [2.75, 3.05) is 6.61 Å². The van der Waals surface area contributed by atoms with Crippen molar-refractivity contribution in [3.8, 4) is 0 Å². The monoisotopic (exact) mass is 592 g/mol. The number of aliphatic hydroxyl groups is 3. The zero-order valence-corrected chi connectivity index (χ0v) is 26.8. The predicted molar refractivity (Wildman–Crippen MR) is 158 cm³/mol. The van der Waals surface area contributed by atoms with Crippen LogP contribution in [0, 0.1) is 22.7 Å². The number of hydrogen-bond donors (Lipinski definition) is 3. The molecule has 0 unspecified atom stereocenters. The standard InChI is InChI=1S/C33H52O9/c1-10-19(3)30(38)42-29-24(41-31-27(37)26(36)28(21(5)39-31)40-22(6)35)17-33(9)23(13-11-18(2)15-16-34)20(4)12-14-25(33)32(29,7)8/h10,12,15,21,23-29,31,34,36-37H,11,13-14,16-17H2,1-9H3/b18-15+,19-10-/t21-,23+,24-,25+,26-,27-,28+,29+,31+,33+/m0/s1. The van der Waals surface area contributed by atoms with Gasteiger partial charge in [0.25, 0.3) is 0 Å². The predicted octanol–water partition coefficient (Wildman–Crippen LogP) is 4.39. The lowest BCUT2D eigenvalue weighted by Crippen LogP contribution is -2.64. The summed E-state index contributed by atoms with van der Waals surface area (Å²) in [5.74, 6) is -0.631. The molecule has 0 aromatic heterocycles. The molecule has 42 heavy (non-hydrogen) atoms. The van der Waals surface area contributed by atoms with Gasteiger partial charge in [0.05, 0.1) is 18.8 Å². The number of allylic oxidation sites excluding steroid dienone is 4. The molecule has 0 radical (unpaired) electrons. The van der Waals surface area contributed by atoms with Crippen LogP contribution in [0.4, 0.5) is 0 Å². The van der Waals surface area contributed by atoms with Crippen LogP contribution in [0.2, 0.25) is 0 Å². The van der Waals surface area contributed by atoms with Crippen LogP contribution in [0.15, 0.2) is 34.9 Å². The van der Waals surface area contributed by atoms with Crippen molar-refractivity contribution in [2.24, 2.45) is 22.7 Å². The van der Waals surface area contributed by atoms with Gasteiger partial charge in [-0.1, -0.05) is 50.1 Å². The second kappa shape index (κ2) is 13.7. The Morgan fingerprint density at radius 2 is 1.79 bits per heavy atom. The van der Waals surface area contributed by atoms with Crippen molar-refractivity contribution < 1.29 is 43.9 Å². The van der Waals surface area contributed by atoms with E-state index in [0.29, 0.717) is 12.0 Å². The molecular formula is C33H52O9. The Hall–Kier alpha value is -2.04. The molecule has 1 aliphatic heterocycles. The minimum Gasteiger partial charge on any atom is -0.457 e. The number of fused-ring (bicyclic) bond motifs is 1. The maximum absolute atomic E-state index is 13.1. The van der Waals surface area contributed by atoms with Crippen molar-refractivity contribution in [2.45, 2.75) is 131 Å². The highest BCUT2D eigenvalue weighted by Gasteiger charge is 2.61. The van der Waals surface area contributed by atoms with E-state index in [1.807, 2.05) is 13.0 Å². The lowest BCUT2D eigenvalue weighted by atomic mass is 9.46. The fourth-order valence-corrected chi connectivity index (χ4v) is 7.64. The minimum atomic E-state index is -1.48. The average molecular weight is 593 g/mol. The van der Waals surface area contributed by atoms with E-state index in [1.165, 1.54) is 12.5 Å². The fraction of sp³-hybridized carbons (Fsp3) is 0.758. The molecule has 1 saturated carbocycles. The first-order chi connectivity index (χ1) is 19.6. The molecule has 238 valence electrons. The summed E-state index contributed by atoms with van der Waals surface area (Å²) in [5, 5.41) is 31.3. The number of esters is 2. The Kier molecular flexibility index (Phi) is 11.3. The lowest BCUT2D eigenvalue weighted by Gasteiger charge is -2.61. The van der Waals surface area contributed by atoms with Crippen LogP contribution in [0.5, 0.6) is 0 Å². The van der Waals surface area contributed by atoms with Crippen molar-refractivity contribution in [3.05, 3.63) is 34.9 Å². The summed E-state index contributed by atoms with van der Waals surface area (Å²) in [6, 6.07) is 0. The molecule has 9 heteroatoms. The van der Waals surface area contributed by atoms with Crippen LogP contribution in [-0.4, -0.2) is 76.8 Å². The molecule has 2 fully saturated rings. The van der Waals surface area contributed by atoms with E-state index in [9.17, 15) is 24.9 Å². The highest BCUT2D eigenvalue weighted by atomic mass is 16.7. The van der Waals surface area contributed by atoms with Crippen molar-refractivity contribution >= 4 is 11.9 Å². The van der Waals surface area contributed by atoms with E-state index in [4.69, 9.17) is 18.9 Å². The lowest BCUT2D eigenvalue weighted by molar-refractivity contribution is -0.326. The van der Waals surface area contributed by atoms with Gasteiger partial charge < -0.3 is 34.3 Å². The van der Waals surface area contributed by atoms with Crippen LogP contribution in [0.3, 0.4) is 0 Å². The number of aliphatic hydroxyl groups excluding tert-OH is 3. The summed E-state index contributed by atoms with van der Waals surface area (Å²) in [5.41, 5.74) is 2.18. The Morgan fingerprint density at radius 1 is 1.12 bits per heavy atom. The molecule has 0 amide bonds. The Morgan fingerprint density at radius 3 is 2.38 bits per heavy atom. The van der Waals surface area contributed by atoms with Crippen LogP contribution in [0.1, 0.15) is 88.0 Å². The molecule has 0 aromatic rings. The molecule has 9 nitrogen and oxygen atoms in total. The van der Waals surface area contributed by atoms with Gasteiger partial charge in [-0.3, -0.25) is 4.79 Å². The first-order valence-corrected chi connectivity index (χ1v) is 15.2. The molecule has 3 rings (SSSR count). The van der Waals surface area contributed by atoms with E-state index in [2.05, 4.69) is 33.8 Å². The second-order valence-corrected chi connectivity index (χ2v) is 13.3.